The first-order valence-corrected chi connectivity index (χ1v) is 9.06. The fourth-order valence-corrected chi connectivity index (χ4v) is 2.28. The van der Waals surface area contributed by atoms with Crippen LogP contribution in [0.1, 0.15) is 5.69 Å². The summed E-state index contributed by atoms with van der Waals surface area (Å²) in [4.78, 5) is 54.2. The molecule has 9 N–H and O–H groups in total. The number of carboxylic acid groups (broad SMARTS) is 1. The lowest BCUT2D eigenvalue weighted by Crippen LogP contribution is -2.59. The number of imidazole rings is 1. The Morgan fingerprint density at radius 1 is 1.03 bits per heavy atom. The number of rotatable bonds is 12. The van der Waals surface area contributed by atoms with Gasteiger partial charge in [0.05, 0.1) is 25.6 Å². The molecule has 3 amide bonds. The number of thiol groups is 1. The van der Waals surface area contributed by atoms with Gasteiger partial charge in [-0.2, -0.15) is 12.6 Å². The van der Waals surface area contributed by atoms with E-state index in [1.165, 1.54) is 12.5 Å². The number of carbonyl (C=O) groups is 4. The van der Waals surface area contributed by atoms with Crippen molar-refractivity contribution < 1.29 is 34.5 Å². The average Bonchev–Trinajstić information content (AvgIpc) is 3.21. The molecule has 0 spiro atoms. The van der Waals surface area contributed by atoms with Crippen molar-refractivity contribution in [3.63, 3.8) is 0 Å². The number of aromatic nitrogens is 2. The normalized spacial score (nSPS) is 14.9. The molecular weight excluding hydrogens is 408 g/mol. The summed E-state index contributed by atoms with van der Waals surface area (Å²) in [6.07, 6.45) is 2.64. The number of aromatic amines is 1. The highest BCUT2D eigenvalue weighted by molar-refractivity contribution is 7.80. The predicted molar refractivity (Wildman–Crippen MR) is 102 cm³/mol. The molecule has 1 aromatic heterocycles. The standard InChI is InChI=1S/C15H24N6O7S/c16-8(5-29)12(24)20-10(3-22)14(26)19-9(1-7-2-17-6-18-7)13(25)21-11(4-23)15(27)28/h2,6,8-11,22-23,29H,1,3-5,16H2,(H,17,18)(H,19,26)(H,20,24)(H,21,25)(H,27,28). The van der Waals surface area contributed by atoms with Crippen molar-refractivity contribution in [1.82, 2.24) is 25.9 Å². The van der Waals surface area contributed by atoms with E-state index in [0.29, 0.717) is 5.69 Å². The van der Waals surface area contributed by atoms with E-state index in [1.807, 2.05) is 0 Å². The van der Waals surface area contributed by atoms with Gasteiger partial charge in [-0.25, -0.2) is 9.78 Å². The highest BCUT2D eigenvalue weighted by Gasteiger charge is 2.30. The molecule has 162 valence electrons. The number of carbonyl (C=O) groups excluding carboxylic acids is 3. The molecule has 4 atom stereocenters. The molecule has 14 heteroatoms. The number of aliphatic carboxylic acids is 1. The molecule has 4 unspecified atom stereocenters. The Kier molecular flexibility index (Phi) is 10.1. The fourth-order valence-electron chi connectivity index (χ4n) is 2.11. The molecule has 0 saturated heterocycles. The third-order valence-corrected chi connectivity index (χ3v) is 4.15. The van der Waals surface area contributed by atoms with Crippen molar-refractivity contribution in [2.45, 2.75) is 30.6 Å². The van der Waals surface area contributed by atoms with E-state index >= 15 is 0 Å². The molecule has 1 rings (SSSR count). The van der Waals surface area contributed by atoms with Crippen molar-refractivity contribution >= 4 is 36.3 Å². The lowest BCUT2D eigenvalue weighted by molar-refractivity contribution is -0.143. The van der Waals surface area contributed by atoms with Gasteiger partial charge in [-0.05, 0) is 0 Å². The molecule has 0 aromatic carbocycles. The minimum absolute atomic E-state index is 0.00813. The largest absolute Gasteiger partial charge is 0.480 e. The minimum Gasteiger partial charge on any atom is -0.480 e. The first-order chi connectivity index (χ1) is 13.7. The molecule has 0 radical (unpaired) electrons. The monoisotopic (exact) mass is 432 g/mol. The van der Waals surface area contributed by atoms with Crippen molar-refractivity contribution in [3.05, 3.63) is 18.2 Å². The van der Waals surface area contributed by atoms with Gasteiger partial charge in [0, 0.05) is 24.1 Å². The van der Waals surface area contributed by atoms with Gasteiger partial charge in [0.25, 0.3) is 0 Å². The number of amides is 3. The quantitative estimate of drug-likeness (QED) is 0.146. The number of hydrogen-bond donors (Lipinski definition) is 9. The number of aliphatic hydroxyl groups is 2. The summed E-state index contributed by atoms with van der Waals surface area (Å²) in [6.45, 7) is -1.63. The van der Waals surface area contributed by atoms with Crippen molar-refractivity contribution in [2.24, 2.45) is 5.73 Å². The lowest BCUT2D eigenvalue weighted by Gasteiger charge is -2.23. The van der Waals surface area contributed by atoms with Crippen LogP contribution in [0, 0.1) is 0 Å². The molecule has 0 aliphatic rings. The summed E-state index contributed by atoms with van der Waals surface area (Å²) in [5, 5.41) is 34.1. The number of carboxylic acids is 1. The molecule has 0 aliphatic heterocycles. The van der Waals surface area contributed by atoms with Crippen molar-refractivity contribution in [2.75, 3.05) is 19.0 Å². The second-order valence-corrected chi connectivity index (χ2v) is 6.32. The van der Waals surface area contributed by atoms with Crippen molar-refractivity contribution in [3.8, 4) is 0 Å². The van der Waals surface area contributed by atoms with E-state index in [9.17, 15) is 24.3 Å². The van der Waals surface area contributed by atoms with Crippen LogP contribution in [0.5, 0.6) is 0 Å². The maximum absolute atomic E-state index is 12.5. The van der Waals surface area contributed by atoms with Crippen LogP contribution < -0.4 is 21.7 Å². The van der Waals surface area contributed by atoms with Gasteiger partial charge in [0.1, 0.15) is 18.1 Å². The Bertz CT molecular complexity index is 701. The molecule has 0 aliphatic carbocycles. The molecule has 0 saturated carbocycles. The van der Waals surface area contributed by atoms with Gasteiger partial charge in [0.15, 0.2) is 0 Å². The van der Waals surface area contributed by atoms with E-state index < -0.39 is 61.1 Å². The van der Waals surface area contributed by atoms with Gasteiger partial charge < -0.3 is 42.0 Å². The van der Waals surface area contributed by atoms with Gasteiger partial charge in [-0.15, -0.1) is 0 Å². The zero-order chi connectivity index (χ0) is 22.0. The molecule has 0 bridgehead atoms. The van der Waals surface area contributed by atoms with Gasteiger partial charge in [-0.1, -0.05) is 0 Å². The summed E-state index contributed by atoms with van der Waals surface area (Å²) in [5.74, 6) is -3.98. The topological polar surface area (TPSA) is 220 Å². The predicted octanol–water partition coefficient (Wildman–Crippen LogP) is -4.27. The Morgan fingerprint density at radius 3 is 2.07 bits per heavy atom. The second-order valence-electron chi connectivity index (χ2n) is 5.96. The van der Waals surface area contributed by atoms with Crippen LogP contribution in [0.3, 0.4) is 0 Å². The SMILES string of the molecule is NC(CS)C(=O)NC(CO)C(=O)NC(Cc1cnc[nH]1)C(=O)NC(CO)C(=O)O. The first-order valence-electron chi connectivity index (χ1n) is 8.42. The summed E-state index contributed by atoms with van der Waals surface area (Å²) in [7, 11) is 0. The number of nitrogens with one attached hydrogen (secondary N) is 4. The first kappa shape index (κ1) is 24.4. The van der Waals surface area contributed by atoms with Gasteiger partial charge in [-0.3, -0.25) is 14.4 Å². The maximum Gasteiger partial charge on any atom is 0.328 e. The van der Waals surface area contributed by atoms with E-state index in [-0.39, 0.29) is 12.2 Å². The van der Waals surface area contributed by atoms with Crippen LogP contribution in [0.25, 0.3) is 0 Å². The highest BCUT2D eigenvalue weighted by Crippen LogP contribution is 2.01. The third-order valence-electron chi connectivity index (χ3n) is 3.76. The number of nitrogens with two attached hydrogens (primary N) is 1. The molecule has 13 nitrogen and oxygen atoms in total. The lowest BCUT2D eigenvalue weighted by atomic mass is 10.1. The van der Waals surface area contributed by atoms with Crippen LogP contribution in [0.4, 0.5) is 0 Å². The number of aliphatic hydroxyl groups excluding tert-OH is 2. The van der Waals surface area contributed by atoms with E-state index in [1.54, 1.807) is 0 Å². The Labute approximate surface area is 170 Å². The zero-order valence-corrected chi connectivity index (χ0v) is 16.1. The van der Waals surface area contributed by atoms with Gasteiger partial charge >= 0.3 is 5.97 Å². The number of H-pyrrole nitrogens is 1. The summed E-state index contributed by atoms with van der Waals surface area (Å²) >= 11 is 3.87. The number of nitrogens with zero attached hydrogens (tertiary/aromatic N) is 1. The van der Waals surface area contributed by atoms with Crippen LogP contribution in [-0.2, 0) is 25.6 Å². The Balaban J connectivity index is 2.91. The third kappa shape index (κ3) is 7.69. The van der Waals surface area contributed by atoms with Crippen LogP contribution in [0.15, 0.2) is 12.5 Å². The van der Waals surface area contributed by atoms with Crippen LogP contribution in [0.2, 0.25) is 0 Å². The Hall–Kier alpha value is -2.68. The fraction of sp³-hybridized carbons (Fsp3) is 0.533. The van der Waals surface area contributed by atoms with Gasteiger partial charge in [0.2, 0.25) is 17.7 Å². The summed E-state index contributed by atoms with van der Waals surface area (Å²) in [5.41, 5.74) is 5.95. The second kappa shape index (κ2) is 12.0. The molecule has 1 heterocycles. The van der Waals surface area contributed by atoms with E-state index in [4.69, 9.17) is 15.9 Å². The van der Waals surface area contributed by atoms with Crippen molar-refractivity contribution in [1.29, 1.82) is 0 Å². The molecule has 29 heavy (non-hydrogen) atoms. The van der Waals surface area contributed by atoms with E-state index in [0.717, 1.165) is 0 Å². The number of hydrogen-bond acceptors (Lipinski definition) is 9. The smallest absolute Gasteiger partial charge is 0.328 e. The minimum atomic E-state index is -1.58. The van der Waals surface area contributed by atoms with Crippen LogP contribution >= 0.6 is 12.6 Å². The Morgan fingerprint density at radius 2 is 1.59 bits per heavy atom. The van der Waals surface area contributed by atoms with Crippen LogP contribution in [-0.4, -0.2) is 92.1 Å². The molecule has 0 fully saturated rings. The highest BCUT2D eigenvalue weighted by atomic mass is 32.1. The summed E-state index contributed by atoms with van der Waals surface area (Å²) in [6, 6.07) is -5.28. The summed E-state index contributed by atoms with van der Waals surface area (Å²) < 4.78 is 0. The van der Waals surface area contributed by atoms with E-state index in [2.05, 4.69) is 38.5 Å². The average molecular weight is 432 g/mol. The molecule has 1 aromatic rings. The molecular formula is C15H24N6O7S. The zero-order valence-electron chi connectivity index (χ0n) is 15.2. The maximum atomic E-state index is 12.5.